The second-order valence-corrected chi connectivity index (χ2v) is 5.35. The van der Waals surface area contributed by atoms with Gasteiger partial charge in [0.25, 0.3) is 0 Å². The molecular weight excluding hydrogens is 218 g/mol. The Balaban J connectivity index is 2.00. The molecule has 0 amide bonds. The molecule has 1 aliphatic carbocycles. The molecule has 0 aromatic carbocycles. The molecule has 1 aromatic heterocycles. The van der Waals surface area contributed by atoms with Crippen molar-refractivity contribution in [3.05, 3.63) is 5.82 Å². The standard InChI is InChI=1S/C9H14ClN3S/c1-6(10)5-13(2)9-11-8(12-14-9)7-3-4-7/h6-7H,3-5H2,1-2H3. The van der Waals surface area contributed by atoms with Crippen LogP contribution in [0, 0.1) is 0 Å². The Hall–Kier alpha value is -0.350. The number of rotatable bonds is 4. The van der Waals surface area contributed by atoms with Crippen molar-refractivity contribution in [3.8, 4) is 0 Å². The average Bonchev–Trinajstić information content (AvgIpc) is 2.82. The summed E-state index contributed by atoms with van der Waals surface area (Å²) in [4.78, 5) is 6.57. The van der Waals surface area contributed by atoms with Crippen LogP contribution in [0.4, 0.5) is 5.13 Å². The lowest BCUT2D eigenvalue weighted by atomic mass is 10.4. The molecule has 0 saturated heterocycles. The van der Waals surface area contributed by atoms with E-state index >= 15 is 0 Å². The molecule has 1 heterocycles. The Bertz CT molecular complexity index is 309. The first-order valence-electron chi connectivity index (χ1n) is 4.85. The first-order chi connectivity index (χ1) is 6.66. The minimum Gasteiger partial charge on any atom is -0.348 e. The molecule has 14 heavy (non-hydrogen) atoms. The SMILES string of the molecule is CC(Cl)CN(C)c1nc(C2CC2)ns1. The molecule has 3 nitrogen and oxygen atoms in total. The van der Waals surface area contributed by atoms with E-state index in [-0.39, 0.29) is 5.38 Å². The number of aromatic nitrogens is 2. The van der Waals surface area contributed by atoms with Crippen molar-refractivity contribution in [2.75, 3.05) is 18.5 Å². The third kappa shape index (κ3) is 2.36. The topological polar surface area (TPSA) is 29.0 Å². The van der Waals surface area contributed by atoms with Gasteiger partial charge in [-0.25, -0.2) is 4.98 Å². The van der Waals surface area contributed by atoms with Crippen molar-refractivity contribution in [1.29, 1.82) is 0 Å². The Morgan fingerprint density at radius 1 is 1.64 bits per heavy atom. The van der Waals surface area contributed by atoms with Crippen LogP contribution in [0.25, 0.3) is 0 Å². The molecule has 5 heteroatoms. The van der Waals surface area contributed by atoms with Gasteiger partial charge in [-0.05, 0) is 19.8 Å². The van der Waals surface area contributed by atoms with Gasteiger partial charge in [-0.2, -0.15) is 4.37 Å². The number of anilines is 1. The predicted octanol–water partition coefficient (Wildman–Crippen LogP) is 2.48. The molecule has 0 N–H and O–H groups in total. The molecule has 1 aliphatic rings. The molecule has 1 atom stereocenters. The summed E-state index contributed by atoms with van der Waals surface area (Å²) < 4.78 is 4.35. The van der Waals surface area contributed by atoms with E-state index in [1.54, 1.807) is 0 Å². The van der Waals surface area contributed by atoms with Gasteiger partial charge in [0.05, 0.1) is 0 Å². The summed E-state index contributed by atoms with van der Waals surface area (Å²) in [7, 11) is 2.01. The lowest BCUT2D eigenvalue weighted by molar-refractivity contribution is 0.847. The predicted molar refractivity (Wildman–Crippen MR) is 60.5 cm³/mol. The van der Waals surface area contributed by atoms with Crippen LogP contribution in [0.15, 0.2) is 0 Å². The molecule has 1 unspecified atom stereocenters. The van der Waals surface area contributed by atoms with Crippen LogP contribution in [-0.4, -0.2) is 28.3 Å². The second kappa shape index (κ2) is 4.03. The van der Waals surface area contributed by atoms with E-state index in [4.69, 9.17) is 11.6 Å². The summed E-state index contributed by atoms with van der Waals surface area (Å²) in [6.45, 7) is 2.81. The number of halogens is 1. The van der Waals surface area contributed by atoms with Gasteiger partial charge in [-0.15, -0.1) is 11.6 Å². The van der Waals surface area contributed by atoms with Crippen molar-refractivity contribution in [1.82, 2.24) is 9.36 Å². The molecule has 2 rings (SSSR count). The summed E-state index contributed by atoms with van der Waals surface area (Å²) in [6.07, 6.45) is 2.51. The highest BCUT2D eigenvalue weighted by Crippen LogP contribution is 2.39. The molecule has 1 fully saturated rings. The van der Waals surface area contributed by atoms with Gasteiger partial charge in [0.1, 0.15) is 5.82 Å². The van der Waals surface area contributed by atoms with Crippen LogP contribution < -0.4 is 4.90 Å². The maximum Gasteiger partial charge on any atom is 0.204 e. The van der Waals surface area contributed by atoms with Crippen molar-refractivity contribution in [3.63, 3.8) is 0 Å². The lowest BCUT2D eigenvalue weighted by Crippen LogP contribution is -2.23. The number of hydrogen-bond donors (Lipinski definition) is 0. The molecule has 1 saturated carbocycles. The monoisotopic (exact) mass is 231 g/mol. The van der Waals surface area contributed by atoms with Gasteiger partial charge in [0.15, 0.2) is 0 Å². The van der Waals surface area contributed by atoms with Gasteiger partial charge in [-0.3, -0.25) is 0 Å². The third-order valence-corrected chi connectivity index (χ3v) is 3.21. The summed E-state index contributed by atoms with van der Waals surface area (Å²) >= 11 is 7.39. The molecule has 0 spiro atoms. The van der Waals surface area contributed by atoms with Crippen LogP contribution in [0.3, 0.4) is 0 Å². The van der Waals surface area contributed by atoms with E-state index < -0.39 is 0 Å². The van der Waals surface area contributed by atoms with E-state index in [0.717, 1.165) is 17.5 Å². The van der Waals surface area contributed by atoms with Gasteiger partial charge < -0.3 is 4.90 Å². The maximum atomic E-state index is 5.92. The Morgan fingerprint density at radius 3 is 2.93 bits per heavy atom. The highest BCUT2D eigenvalue weighted by molar-refractivity contribution is 7.09. The molecule has 78 valence electrons. The Kier molecular flexibility index (Phi) is 2.93. The van der Waals surface area contributed by atoms with E-state index in [9.17, 15) is 0 Å². The van der Waals surface area contributed by atoms with Crippen LogP contribution >= 0.6 is 23.1 Å². The minimum absolute atomic E-state index is 0.147. The first-order valence-corrected chi connectivity index (χ1v) is 6.06. The fourth-order valence-corrected chi connectivity index (χ4v) is 2.26. The van der Waals surface area contributed by atoms with E-state index in [0.29, 0.717) is 5.92 Å². The average molecular weight is 232 g/mol. The van der Waals surface area contributed by atoms with Crippen LogP contribution in [0.1, 0.15) is 31.5 Å². The van der Waals surface area contributed by atoms with Gasteiger partial charge >= 0.3 is 0 Å². The zero-order valence-electron chi connectivity index (χ0n) is 8.40. The maximum absolute atomic E-state index is 5.92. The highest BCUT2D eigenvalue weighted by Gasteiger charge is 2.28. The van der Waals surface area contributed by atoms with Gasteiger partial charge in [-0.1, -0.05) is 0 Å². The zero-order valence-corrected chi connectivity index (χ0v) is 9.98. The molecule has 1 aromatic rings. The summed E-state index contributed by atoms with van der Waals surface area (Å²) in [5.41, 5.74) is 0. The Labute approximate surface area is 93.3 Å². The fraction of sp³-hybridized carbons (Fsp3) is 0.778. The van der Waals surface area contributed by atoms with Crippen LogP contribution in [-0.2, 0) is 0 Å². The van der Waals surface area contributed by atoms with E-state index in [1.807, 2.05) is 14.0 Å². The van der Waals surface area contributed by atoms with Crippen LogP contribution in [0.2, 0.25) is 0 Å². The molecule has 0 radical (unpaired) electrons. The third-order valence-electron chi connectivity index (χ3n) is 2.23. The number of hydrogen-bond acceptors (Lipinski definition) is 4. The van der Waals surface area contributed by atoms with E-state index in [2.05, 4.69) is 14.3 Å². The normalized spacial score (nSPS) is 18.2. The largest absolute Gasteiger partial charge is 0.348 e. The lowest BCUT2D eigenvalue weighted by Gasteiger charge is -2.15. The molecule has 0 aliphatic heterocycles. The number of nitrogens with zero attached hydrogens (tertiary/aromatic N) is 3. The fourth-order valence-electron chi connectivity index (χ4n) is 1.34. The zero-order chi connectivity index (χ0) is 10.1. The summed E-state index contributed by atoms with van der Waals surface area (Å²) in [6, 6.07) is 0. The van der Waals surface area contributed by atoms with Crippen molar-refractivity contribution < 1.29 is 0 Å². The molecule has 0 bridgehead atoms. The Morgan fingerprint density at radius 2 is 2.36 bits per heavy atom. The van der Waals surface area contributed by atoms with Gasteiger partial charge in [0, 0.05) is 36.4 Å². The highest BCUT2D eigenvalue weighted by atomic mass is 35.5. The molecular formula is C9H14ClN3S. The van der Waals surface area contributed by atoms with Crippen molar-refractivity contribution >= 4 is 28.3 Å². The van der Waals surface area contributed by atoms with Crippen molar-refractivity contribution in [2.24, 2.45) is 0 Å². The van der Waals surface area contributed by atoms with Crippen molar-refractivity contribution in [2.45, 2.75) is 31.1 Å². The number of alkyl halides is 1. The van der Waals surface area contributed by atoms with E-state index in [1.165, 1.54) is 24.4 Å². The quantitative estimate of drug-likeness (QED) is 0.746. The second-order valence-electron chi connectivity index (χ2n) is 3.87. The first kappa shape index (κ1) is 10.2. The van der Waals surface area contributed by atoms with Gasteiger partial charge in [0.2, 0.25) is 5.13 Å². The van der Waals surface area contributed by atoms with Crippen LogP contribution in [0.5, 0.6) is 0 Å². The summed E-state index contributed by atoms with van der Waals surface area (Å²) in [5, 5.41) is 1.13. The smallest absolute Gasteiger partial charge is 0.204 e. The summed E-state index contributed by atoms with van der Waals surface area (Å²) in [5.74, 6) is 1.67. The minimum atomic E-state index is 0.147.